The van der Waals surface area contributed by atoms with Crippen LogP contribution >= 0.6 is 0 Å². The van der Waals surface area contributed by atoms with Crippen molar-refractivity contribution in [3.05, 3.63) is 73.2 Å². The van der Waals surface area contributed by atoms with Crippen LogP contribution in [-0.4, -0.2) is 45.3 Å². The minimum atomic E-state index is -0.104. The fourth-order valence-corrected chi connectivity index (χ4v) is 4.62. The number of anilines is 2. The first kappa shape index (κ1) is 19.9. The Morgan fingerprint density at radius 1 is 0.903 bits per heavy atom. The number of aliphatic hydroxyl groups is 1. The number of aliphatic hydroxyl groups excluding tert-OH is 1. The van der Waals surface area contributed by atoms with Gasteiger partial charge in [0.25, 0.3) is 0 Å². The van der Waals surface area contributed by atoms with E-state index >= 15 is 0 Å². The van der Waals surface area contributed by atoms with Crippen molar-refractivity contribution in [2.24, 2.45) is 0 Å². The lowest BCUT2D eigenvalue weighted by Crippen LogP contribution is -2.36. The predicted octanol–water partition coefficient (Wildman–Crippen LogP) is 5.23. The second-order valence-corrected chi connectivity index (χ2v) is 8.45. The van der Waals surface area contributed by atoms with E-state index in [4.69, 9.17) is 0 Å². The van der Waals surface area contributed by atoms with E-state index in [0.717, 1.165) is 56.8 Å². The third kappa shape index (κ3) is 4.38. The minimum Gasteiger partial charge on any atom is -0.393 e. The molecule has 4 aromatic rings. The van der Waals surface area contributed by atoms with Crippen molar-refractivity contribution in [2.75, 3.05) is 25.0 Å². The molecule has 0 amide bonds. The maximum Gasteiger partial charge on any atom is 0.0642 e. The van der Waals surface area contributed by atoms with E-state index in [1.807, 2.05) is 24.4 Å². The second kappa shape index (κ2) is 9.00. The van der Waals surface area contributed by atoms with Crippen LogP contribution in [0, 0.1) is 0 Å². The summed E-state index contributed by atoms with van der Waals surface area (Å²) in [6.45, 7) is 4.10. The number of para-hydroxylation sites is 2. The van der Waals surface area contributed by atoms with Gasteiger partial charge in [-0.2, -0.15) is 0 Å². The van der Waals surface area contributed by atoms with Crippen molar-refractivity contribution in [1.82, 2.24) is 14.5 Å². The average molecular weight is 415 g/mol. The molecule has 31 heavy (non-hydrogen) atoms. The van der Waals surface area contributed by atoms with Crippen LogP contribution in [0.2, 0.25) is 0 Å². The summed E-state index contributed by atoms with van der Waals surface area (Å²) in [5.41, 5.74) is 5.87. The monoisotopic (exact) mass is 414 g/mol. The first-order valence-electron chi connectivity index (χ1n) is 11.3. The van der Waals surface area contributed by atoms with Gasteiger partial charge in [0.2, 0.25) is 0 Å². The number of benzene rings is 2. The summed E-state index contributed by atoms with van der Waals surface area (Å²) in [6, 6.07) is 19.0. The molecule has 1 aliphatic rings. The summed E-state index contributed by atoms with van der Waals surface area (Å²) in [7, 11) is 0. The highest BCUT2D eigenvalue weighted by Gasteiger charge is 2.17. The molecule has 1 fully saturated rings. The number of piperidine rings is 1. The van der Waals surface area contributed by atoms with Gasteiger partial charge in [-0.1, -0.05) is 36.4 Å². The molecule has 3 heterocycles. The highest BCUT2D eigenvalue weighted by atomic mass is 16.3. The molecule has 2 aromatic heterocycles. The van der Waals surface area contributed by atoms with E-state index < -0.39 is 0 Å². The average Bonchev–Trinajstić information content (AvgIpc) is 3.40. The summed E-state index contributed by atoms with van der Waals surface area (Å²) in [5, 5.41) is 14.5. The highest BCUT2D eigenvalue weighted by Crippen LogP contribution is 2.36. The zero-order chi connectivity index (χ0) is 21.0. The number of hydrogen-bond acceptors (Lipinski definition) is 3. The van der Waals surface area contributed by atoms with Crippen molar-refractivity contribution < 1.29 is 5.11 Å². The third-order valence-corrected chi connectivity index (χ3v) is 6.31. The summed E-state index contributed by atoms with van der Waals surface area (Å²) in [4.78, 5) is 5.76. The lowest BCUT2D eigenvalue weighted by atomic mass is 10.1. The first-order chi connectivity index (χ1) is 15.3. The fourth-order valence-electron chi connectivity index (χ4n) is 4.62. The summed E-state index contributed by atoms with van der Waals surface area (Å²) < 4.78 is 2.39. The van der Waals surface area contributed by atoms with Crippen molar-refractivity contribution in [3.63, 3.8) is 0 Å². The Morgan fingerprint density at radius 3 is 2.52 bits per heavy atom. The van der Waals surface area contributed by atoms with Gasteiger partial charge in [0, 0.05) is 65.9 Å². The first-order valence-corrected chi connectivity index (χ1v) is 11.3. The molecular weight excluding hydrogens is 384 g/mol. The number of H-pyrrole nitrogens is 1. The highest BCUT2D eigenvalue weighted by molar-refractivity contribution is 5.99. The molecule has 160 valence electrons. The molecule has 5 heteroatoms. The third-order valence-electron chi connectivity index (χ3n) is 6.31. The SMILES string of the molecule is OC1CCN(CCCn2cc(-c3c[nH]cc3Nc3ccccc3)c3ccccc32)CC1. The summed E-state index contributed by atoms with van der Waals surface area (Å²) in [5.74, 6) is 0. The normalized spacial score (nSPS) is 15.5. The maximum absolute atomic E-state index is 9.72. The predicted molar refractivity (Wildman–Crippen MR) is 128 cm³/mol. The van der Waals surface area contributed by atoms with Crippen LogP contribution in [0.25, 0.3) is 22.0 Å². The van der Waals surface area contributed by atoms with Crippen molar-refractivity contribution in [3.8, 4) is 11.1 Å². The molecule has 3 N–H and O–H groups in total. The molecule has 0 atom stereocenters. The van der Waals surface area contributed by atoms with E-state index in [9.17, 15) is 5.11 Å². The van der Waals surface area contributed by atoms with Crippen LogP contribution in [0.5, 0.6) is 0 Å². The molecule has 0 radical (unpaired) electrons. The number of aromatic nitrogens is 2. The molecular formula is C26H30N4O. The lowest BCUT2D eigenvalue weighted by molar-refractivity contribution is 0.0816. The molecule has 2 aromatic carbocycles. The quantitative estimate of drug-likeness (QED) is 0.388. The standard InChI is InChI=1S/C26H30N4O/c31-21-11-15-29(16-12-21)13-6-14-30-19-24(22-9-4-5-10-26(22)30)23-17-27-18-25(23)28-20-7-2-1-3-8-20/h1-5,7-10,17-19,21,27-28,31H,6,11-16H2. The van der Waals surface area contributed by atoms with E-state index in [2.05, 4.69) is 68.6 Å². The number of nitrogens with zero attached hydrogens (tertiary/aromatic N) is 2. The Kier molecular flexibility index (Phi) is 5.78. The lowest BCUT2D eigenvalue weighted by Gasteiger charge is -2.29. The van der Waals surface area contributed by atoms with Gasteiger partial charge in [0.15, 0.2) is 0 Å². The van der Waals surface area contributed by atoms with Crippen LogP contribution in [0.1, 0.15) is 19.3 Å². The Hall–Kier alpha value is -3.02. The number of aryl methyl sites for hydroxylation is 1. The number of aromatic amines is 1. The molecule has 0 saturated carbocycles. The number of rotatable bonds is 7. The van der Waals surface area contributed by atoms with Crippen molar-refractivity contribution >= 4 is 22.3 Å². The smallest absolute Gasteiger partial charge is 0.0642 e. The fraction of sp³-hybridized carbons (Fsp3) is 0.308. The van der Waals surface area contributed by atoms with Crippen LogP contribution in [0.3, 0.4) is 0 Å². The van der Waals surface area contributed by atoms with Gasteiger partial charge >= 0.3 is 0 Å². The minimum absolute atomic E-state index is 0.104. The topological polar surface area (TPSA) is 56.2 Å². The van der Waals surface area contributed by atoms with Crippen LogP contribution < -0.4 is 5.32 Å². The zero-order valence-corrected chi connectivity index (χ0v) is 17.8. The van der Waals surface area contributed by atoms with E-state index in [0.29, 0.717) is 0 Å². The Labute approximate surface area is 183 Å². The molecule has 1 aliphatic heterocycles. The molecule has 5 rings (SSSR count). The largest absolute Gasteiger partial charge is 0.393 e. The van der Waals surface area contributed by atoms with Gasteiger partial charge in [-0.05, 0) is 44.0 Å². The van der Waals surface area contributed by atoms with Gasteiger partial charge < -0.3 is 24.9 Å². The van der Waals surface area contributed by atoms with E-state index in [-0.39, 0.29) is 6.10 Å². The molecule has 0 unspecified atom stereocenters. The number of fused-ring (bicyclic) bond motifs is 1. The van der Waals surface area contributed by atoms with Crippen LogP contribution in [0.4, 0.5) is 11.4 Å². The molecule has 0 aliphatic carbocycles. The van der Waals surface area contributed by atoms with Gasteiger partial charge in [0.1, 0.15) is 0 Å². The second-order valence-electron chi connectivity index (χ2n) is 8.45. The molecule has 5 nitrogen and oxygen atoms in total. The number of nitrogens with one attached hydrogen (secondary N) is 2. The van der Waals surface area contributed by atoms with E-state index in [1.165, 1.54) is 22.0 Å². The molecule has 0 spiro atoms. The van der Waals surface area contributed by atoms with Crippen LogP contribution in [0.15, 0.2) is 73.2 Å². The van der Waals surface area contributed by atoms with E-state index in [1.54, 1.807) is 0 Å². The van der Waals surface area contributed by atoms with Gasteiger partial charge in [0.05, 0.1) is 11.8 Å². The number of hydrogen-bond donors (Lipinski definition) is 3. The van der Waals surface area contributed by atoms with Gasteiger partial charge in [-0.15, -0.1) is 0 Å². The number of likely N-dealkylation sites (tertiary alicyclic amines) is 1. The Balaban J connectivity index is 1.37. The van der Waals surface area contributed by atoms with Gasteiger partial charge in [-0.25, -0.2) is 0 Å². The summed E-state index contributed by atoms with van der Waals surface area (Å²) in [6.07, 6.45) is 9.21. The van der Waals surface area contributed by atoms with Crippen molar-refractivity contribution in [1.29, 1.82) is 0 Å². The Morgan fingerprint density at radius 2 is 1.68 bits per heavy atom. The molecule has 1 saturated heterocycles. The zero-order valence-electron chi connectivity index (χ0n) is 17.8. The summed E-state index contributed by atoms with van der Waals surface area (Å²) >= 11 is 0. The Bertz CT molecular complexity index is 1120. The van der Waals surface area contributed by atoms with Gasteiger partial charge in [-0.3, -0.25) is 0 Å². The maximum atomic E-state index is 9.72. The van der Waals surface area contributed by atoms with Crippen LogP contribution in [-0.2, 0) is 6.54 Å². The molecule has 0 bridgehead atoms. The van der Waals surface area contributed by atoms with Crippen molar-refractivity contribution in [2.45, 2.75) is 31.9 Å².